The van der Waals surface area contributed by atoms with Crippen LogP contribution in [0.2, 0.25) is 0 Å². The monoisotopic (exact) mass is 297 g/mol. The van der Waals surface area contributed by atoms with Crippen LogP contribution in [0.1, 0.15) is 16.1 Å². The third kappa shape index (κ3) is 3.12. The molecule has 0 saturated carbocycles. The van der Waals surface area contributed by atoms with Gasteiger partial charge in [0, 0.05) is 17.7 Å². The van der Waals surface area contributed by atoms with Gasteiger partial charge >= 0.3 is 5.97 Å². The first kappa shape index (κ1) is 14.4. The third-order valence-electron chi connectivity index (χ3n) is 2.73. The average molecular weight is 297 g/mol. The Bertz CT molecular complexity index is 655. The lowest BCUT2D eigenvalue weighted by molar-refractivity contribution is -0.139. The molecular weight excluding hydrogens is 285 g/mol. The molecule has 0 spiro atoms. The summed E-state index contributed by atoms with van der Waals surface area (Å²) in [4.78, 5) is 23.2. The van der Waals surface area contributed by atoms with Gasteiger partial charge in [0.15, 0.2) is 0 Å². The van der Waals surface area contributed by atoms with Crippen molar-refractivity contribution in [3.63, 3.8) is 0 Å². The molecule has 1 aromatic heterocycles. The second kappa shape index (κ2) is 5.98. The number of halogens is 1. The highest BCUT2D eigenvalue weighted by molar-refractivity contribution is 7.20. The van der Waals surface area contributed by atoms with Gasteiger partial charge in [-0.1, -0.05) is 6.07 Å². The van der Waals surface area contributed by atoms with E-state index in [2.05, 4.69) is 5.32 Å². The van der Waals surface area contributed by atoms with Crippen LogP contribution in [0.3, 0.4) is 0 Å². The number of nitrogens with one attached hydrogen (secondary N) is 1. The Hall–Kier alpha value is -1.99. The van der Waals surface area contributed by atoms with Gasteiger partial charge in [-0.15, -0.1) is 11.3 Å². The zero-order chi connectivity index (χ0) is 14.7. The van der Waals surface area contributed by atoms with E-state index >= 15 is 0 Å². The van der Waals surface area contributed by atoms with Crippen LogP contribution in [0.4, 0.5) is 4.39 Å². The second-order valence-corrected chi connectivity index (χ2v) is 5.25. The summed E-state index contributed by atoms with van der Waals surface area (Å²) in [6.45, 7) is -0.338. The first-order valence-electron chi connectivity index (χ1n) is 5.85. The number of aliphatic carboxylic acids is 1. The maximum atomic E-state index is 13.1. The number of amides is 1. The van der Waals surface area contributed by atoms with Crippen molar-refractivity contribution in [2.24, 2.45) is 0 Å². The van der Waals surface area contributed by atoms with Crippen molar-refractivity contribution < 1.29 is 24.2 Å². The van der Waals surface area contributed by atoms with E-state index in [1.165, 1.54) is 12.1 Å². The van der Waals surface area contributed by atoms with Gasteiger partial charge in [0.05, 0.1) is 4.88 Å². The van der Waals surface area contributed by atoms with E-state index in [0.29, 0.717) is 9.58 Å². The van der Waals surface area contributed by atoms with Crippen molar-refractivity contribution in [2.45, 2.75) is 12.5 Å². The number of aliphatic hydroxyl groups is 1. The molecule has 2 aromatic rings. The Labute approximate surface area is 117 Å². The fourth-order valence-corrected chi connectivity index (χ4v) is 2.72. The standard InChI is InChI=1S/C13H12FNO4S/c14-8-2-1-7-5-11(20-10(7)6-8)12(17)15-9(3-4-16)13(18)19/h1-2,5-6,9,16H,3-4H2,(H,15,17)(H,18,19)/t9-/m0/s1. The van der Waals surface area contributed by atoms with Crippen molar-refractivity contribution in [2.75, 3.05) is 6.61 Å². The Kier molecular flexibility index (Phi) is 4.31. The summed E-state index contributed by atoms with van der Waals surface area (Å²) in [6, 6.07) is 4.60. The molecule has 1 aromatic carbocycles. The van der Waals surface area contributed by atoms with E-state index in [0.717, 1.165) is 16.7 Å². The van der Waals surface area contributed by atoms with Crippen LogP contribution < -0.4 is 5.32 Å². The van der Waals surface area contributed by atoms with Gasteiger partial charge in [-0.2, -0.15) is 0 Å². The molecule has 0 saturated heterocycles. The van der Waals surface area contributed by atoms with Crippen LogP contribution in [-0.2, 0) is 4.79 Å². The first-order valence-corrected chi connectivity index (χ1v) is 6.66. The number of hydrogen-bond donors (Lipinski definition) is 3. The zero-order valence-corrected chi connectivity index (χ0v) is 11.1. The lowest BCUT2D eigenvalue weighted by Gasteiger charge is -2.11. The van der Waals surface area contributed by atoms with Crippen molar-refractivity contribution in [3.05, 3.63) is 35.0 Å². The predicted octanol–water partition coefficient (Wildman–Crippen LogP) is 1.61. The molecule has 5 nitrogen and oxygen atoms in total. The second-order valence-electron chi connectivity index (χ2n) is 4.17. The molecule has 2 rings (SSSR count). The lowest BCUT2D eigenvalue weighted by Crippen LogP contribution is -2.41. The molecule has 0 radical (unpaired) electrons. The van der Waals surface area contributed by atoms with E-state index in [9.17, 15) is 14.0 Å². The van der Waals surface area contributed by atoms with Gasteiger partial charge in [0.2, 0.25) is 0 Å². The van der Waals surface area contributed by atoms with E-state index < -0.39 is 23.7 Å². The average Bonchev–Trinajstić information content (AvgIpc) is 2.80. The quantitative estimate of drug-likeness (QED) is 0.782. The fraction of sp³-hybridized carbons (Fsp3) is 0.231. The summed E-state index contributed by atoms with van der Waals surface area (Å²) < 4.78 is 13.7. The number of fused-ring (bicyclic) bond motifs is 1. The molecule has 0 aliphatic heterocycles. The fourth-order valence-electron chi connectivity index (χ4n) is 1.73. The molecule has 1 atom stereocenters. The van der Waals surface area contributed by atoms with E-state index in [-0.39, 0.29) is 13.0 Å². The molecule has 7 heteroatoms. The highest BCUT2D eigenvalue weighted by Crippen LogP contribution is 2.26. The minimum atomic E-state index is -1.21. The van der Waals surface area contributed by atoms with Crippen LogP contribution in [-0.4, -0.2) is 34.7 Å². The summed E-state index contributed by atoms with van der Waals surface area (Å²) >= 11 is 1.08. The maximum absolute atomic E-state index is 13.1. The van der Waals surface area contributed by atoms with Gasteiger partial charge in [0.25, 0.3) is 5.91 Å². The molecule has 0 aliphatic rings. The molecule has 3 N–H and O–H groups in total. The highest BCUT2D eigenvalue weighted by atomic mass is 32.1. The number of carboxylic acids is 1. The molecule has 1 heterocycles. The Morgan fingerprint density at radius 1 is 1.35 bits per heavy atom. The molecule has 20 heavy (non-hydrogen) atoms. The number of carbonyl (C=O) groups excluding carboxylic acids is 1. The summed E-state index contributed by atoms with van der Waals surface area (Å²) in [6.07, 6.45) is -0.0689. The summed E-state index contributed by atoms with van der Waals surface area (Å²) in [7, 11) is 0. The van der Waals surface area contributed by atoms with Gasteiger partial charge in [0.1, 0.15) is 11.9 Å². The van der Waals surface area contributed by atoms with E-state index in [1.807, 2.05) is 0 Å². The summed E-state index contributed by atoms with van der Waals surface area (Å²) in [5.41, 5.74) is 0. The number of carbonyl (C=O) groups is 2. The Morgan fingerprint density at radius 3 is 2.75 bits per heavy atom. The number of rotatable bonds is 5. The molecule has 0 aliphatic carbocycles. The van der Waals surface area contributed by atoms with Crippen molar-refractivity contribution in [1.29, 1.82) is 0 Å². The van der Waals surface area contributed by atoms with Crippen molar-refractivity contribution in [3.8, 4) is 0 Å². The van der Waals surface area contributed by atoms with Crippen LogP contribution in [0.25, 0.3) is 10.1 Å². The third-order valence-corrected chi connectivity index (χ3v) is 3.82. The Morgan fingerprint density at radius 2 is 2.10 bits per heavy atom. The summed E-state index contributed by atoms with van der Waals surface area (Å²) in [5, 5.41) is 20.7. The predicted molar refractivity (Wildman–Crippen MR) is 72.4 cm³/mol. The van der Waals surface area contributed by atoms with Crippen molar-refractivity contribution >= 4 is 33.3 Å². The van der Waals surface area contributed by atoms with E-state index in [1.54, 1.807) is 12.1 Å². The summed E-state index contributed by atoms with van der Waals surface area (Å²) in [5.74, 6) is -2.15. The highest BCUT2D eigenvalue weighted by Gasteiger charge is 2.21. The molecule has 0 fully saturated rings. The number of benzene rings is 1. The molecule has 0 bridgehead atoms. The van der Waals surface area contributed by atoms with Gasteiger partial charge in [-0.3, -0.25) is 4.79 Å². The minimum absolute atomic E-state index is 0.0689. The Balaban J connectivity index is 2.20. The molecular formula is C13H12FNO4S. The zero-order valence-electron chi connectivity index (χ0n) is 10.3. The minimum Gasteiger partial charge on any atom is -0.480 e. The topological polar surface area (TPSA) is 86.6 Å². The van der Waals surface area contributed by atoms with Crippen LogP contribution >= 0.6 is 11.3 Å². The van der Waals surface area contributed by atoms with Crippen molar-refractivity contribution in [1.82, 2.24) is 5.32 Å². The number of hydrogen-bond acceptors (Lipinski definition) is 4. The number of carboxylic acid groups (broad SMARTS) is 1. The van der Waals surface area contributed by atoms with E-state index in [4.69, 9.17) is 10.2 Å². The molecule has 1 amide bonds. The lowest BCUT2D eigenvalue weighted by atomic mass is 10.2. The SMILES string of the molecule is O=C(N[C@@H](CCO)C(=O)O)c1cc2ccc(F)cc2s1. The van der Waals surface area contributed by atoms with Crippen LogP contribution in [0, 0.1) is 5.82 Å². The molecule has 106 valence electrons. The maximum Gasteiger partial charge on any atom is 0.326 e. The van der Waals surface area contributed by atoms with Crippen LogP contribution in [0.5, 0.6) is 0 Å². The smallest absolute Gasteiger partial charge is 0.326 e. The number of thiophene rings is 1. The first-order chi connectivity index (χ1) is 9.51. The van der Waals surface area contributed by atoms with Gasteiger partial charge < -0.3 is 15.5 Å². The van der Waals surface area contributed by atoms with Gasteiger partial charge in [-0.05, 0) is 23.6 Å². The van der Waals surface area contributed by atoms with Gasteiger partial charge in [-0.25, -0.2) is 9.18 Å². The normalized spacial score (nSPS) is 12.3. The largest absolute Gasteiger partial charge is 0.480 e. The molecule has 0 unspecified atom stereocenters. The number of aliphatic hydroxyl groups excluding tert-OH is 1. The van der Waals surface area contributed by atoms with Crippen LogP contribution in [0.15, 0.2) is 24.3 Å².